The summed E-state index contributed by atoms with van der Waals surface area (Å²) in [4.78, 5) is 31.3. The summed E-state index contributed by atoms with van der Waals surface area (Å²) in [6, 6.07) is 12.4. The first kappa shape index (κ1) is 23.1. The number of phenols is 1. The summed E-state index contributed by atoms with van der Waals surface area (Å²) >= 11 is 6.03. The Bertz CT molecular complexity index is 1150. The van der Waals surface area contributed by atoms with Crippen molar-refractivity contribution >= 4 is 29.1 Å². The number of Topliss-reactive ketones (excluding diaryl/α,β-unsaturated/α-hetero) is 1. The predicted octanol–water partition coefficient (Wildman–Crippen LogP) is 5.19. The zero-order chi connectivity index (χ0) is 23.7. The molecule has 0 saturated carbocycles. The molecule has 1 unspecified atom stereocenters. The Labute approximate surface area is 197 Å². The van der Waals surface area contributed by atoms with E-state index in [0.29, 0.717) is 40.4 Å². The van der Waals surface area contributed by atoms with E-state index in [1.165, 1.54) is 13.2 Å². The van der Waals surface area contributed by atoms with Crippen LogP contribution in [-0.2, 0) is 14.3 Å². The molecule has 0 aromatic heterocycles. The van der Waals surface area contributed by atoms with Crippen LogP contribution in [0.25, 0.3) is 0 Å². The van der Waals surface area contributed by atoms with E-state index in [4.69, 9.17) is 26.1 Å². The highest BCUT2D eigenvalue weighted by molar-refractivity contribution is 6.30. The molecule has 1 heterocycles. The van der Waals surface area contributed by atoms with Crippen LogP contribution < -0.4 is 4.74 Å². The maximum absolute atomic E-state index is 13.5. The number of benzene rings is 2. The van der Waals surface area contributed by atoms with Crippen LogP contribution in [0.5, 0.6) is 11.5 Å². The molecule has 4 rings (SSSR count). The van der Waals surface area contributed by atoms with Gasteiger partial charge in [-0.1, -0.05) is 29.8 Å². The van der Waals surface area contributed by atoms with Crippen molar-refractivity contribution in [1.82, 2.24) is 0 Å². The number of carbonyl (C=O) groups excluding carboxylic acids is 2. The minimum Gasteiger partial charge on any atom is -0.504 e. The molecule has 0 spiro atoms. The molecule has 0 bridgehead atoms. The fourth-order valence-electron chi connectivity index (χ4n) is 4.82. The Morgan fingerprint density at radius 1 is 1.15 bits per heavy atom. The molecule has 0 fully saturated rings. The smallest absolute Gasteiger partial charge is 0.315 e. The van der Waals surface area contributed by atoms with Gasteiger partial charge in [0.05, 0.1) is 13.7 Å². The summed E-state index contributed by atoms with van der Waals surface area (Å²) < 4.78 is 10.6. The van der Waals surface area contributed by atoms with Crippen LogP contribution in [0, 0.1) is 5.92 Å². The van der Waals surface area contributed by atoms with Gasteiger partial charge in [-0.2, -0.15) is 0 Å². The van der Waals surface area contributed by atoms with Gasteiger partial charge in [0.2, 0.25) is 0 Å². The largest absolute Gasteiger partial charge is 0.504 e. The normalized spacial score (nSPS) is 22.5. The van der Waals surface area contributed by atoms with Crippen molar-refractivity contribution in [2.24, 2.45) is 10.9 Å². The van der Waals surface area contributed by atoms with Crippen molar-refractivity contribution in [2.45, 2.75) is 38.5 Å². The van der Waals surface area contributed by atoms with Gasteiger partial charge >= 0.3 is 5.97 Å². The Hall–Kier alpha value is -3.12. The highest BCUT2D eigenvalue weighted by Crippen LogP contribution is 2.47. The van der Waals surface area contributed by atoms with E-state index in [1.54, 1.807) is 26.0 Å². The van der Waals surface area contributed by atoms with Gasteiger partial charge in [0.15, 0.2) is 17.3 Å². The lowest BCUT2D eigenvalue weighted by atomic mass is 9.69. The SMILES string of the molecule is CCOC(=O)C1C(C)=NC2=C(C(=O)C[C@H](c3ccc(Cl)cc3)C2)[C@H]1c1ccc(O)c(OC)c1. The van der Waals surface area contributed by atoms with E-state index in [9.17, 15) is 14.7 Å². The van der Waals surface area contributed by atoms with Crippen LogP contribution in [0.2, 0.25) is 5.02 Å². The molecule has 1 aliphatic carbocycles. The molecule has 0 radical (unpaired) electrons. The quantitative estimate of drug-likeness (QED) is 0.611. The molecule has 0 saturated heterocycles. The lowest BCUT2D eigenvalue weighted by Gasteiger charge is -2.36. The van der Waals surface area contributed by atoms with E-state index in [2.05, 4.69) is 0 Å². The Morgan fingerprint density at radius 3 is 2.52 bits per heavy atom. The van der Waals surface area contributed by atoms with Gasteiger partial charge in [-0.3, -0.25) is 14.6 Å². The van der Waals surface area contributed by atoms with Crippen LogP contribution >= 0.6 is 11.6 Å². The van der Waals surface area contributed by atoms with Gasteiger partial charge in [0.25, 0.3) is 0 Å². The van der Waals surface area contributed by atoms with Crippen LogP contribution in [-0.4, -0.2) is 36.3 Å². The number of aliphatic imine (C=N–C) groups is 1. The number of phenolic OH excluding ortho intramolecular Hbond substituents is 1. The second-order valence-corrected chi connectivity index (χ2v) is 8.77. The lowest BCUT2D eigenvalue weighted by Crippen LogP contribution is -2.38. The Balaban J connectivity index is 1.82. The average molecular weight is 468 g/mol. The predicted molar refractivity (Wildman–Crippen MR) is 126 cm³/mol. The maximum atomic E-state index is 13.5. The summed E-state index contributed by atoms with van der Waals surface area (Å²) in [6.07, 6.45) is 0.900. The standard InChI is InChI=1S/C26H26ClNO5/c1-4-33-26(31)23-14(2)28-19-11-17(15-5-8-18(27)9-6-15)12-21(30)25(19)24(23)16-7-10-20(29)22(13-16)32-3/h5-10,13,17,23-24,29H,4,11-12H2,1-3H3/t17-,23?,24+/m1/s1. The molecule has 1 N–H and O–H groups in total. The van der Waals surface area contributed by atoms with E-state index in [-0.39, 0.29) is 29.8 Å². The lowest BCUT2D eigenvalue weighted by molar-refractivity contribution is -0.146. The van der Waals surface area contributed by atoms with Gasteiger partial charge in [-0.05, 0) is 61.6 Å². The van der Waals surface area contributed by atoms with Crippen molar-refractivity contribution in [2.75, 3.05) is 13.7 Å². The number of methoxy groups -OCH3 is 1. The van der Waals surface area contributed by atoms with Crippen molar-refractivity contribution in [3.8, 4) is 11.5 Å². The minimum atomic E-state index is -0.728. The zero-order valence-corrected chi connectivity index (χ0v) is 19.6. The summed E-state index contributed by atoms with van der Waals surface area (Å²) in [6.45, 7) is 3.78. The molecule has 2 aromatic rings. The molecular weight excluding hydrogens is 442 g/mol. The van der Waals surface area contributed by atoms with Gasteiger partial charge in [-0.15, -0.1) is 0 Å². The molecular formula is C26H26ClNO5. The first-order valence-electron chi connectivity index (χ1n) is 10.9. The summed E-state index contributed by atoms with van der Waals surface area (Å²) in [5.41, 5.74) is 3.57. The molecule has 2 aliphatic rings. The van der Waals surface area contributed by atoms with E-state index in [1.807, 2.05) is 24.3 Å². The number of carbonyl (C=O) groups is 2. The highest BCUT2D eigenvalue weighted by atomic mass is 35.5. The minimum absolute atomic E-state index is 0.0119. The Morgan fingerprint density at radius 2 is 1.85 bits per heavy atom. The van der Waals surface area contributed by atoms with Crippen LogP contribution in [0.15, 0.2) is 58.7 Å². The molecule has 3 atom stereocenters. The number of ketones is 1. The number of esters is 1. The number of rotatable bonds is 5. The van der Waals surface area contributed by atoms with Gasteiger partial charge in [0, 0.05) is 34.3 Å². The van der Waals surface area contributed by atoms with Gasteiger partial charge in [0.1, 0.15) is 5.92 Å². The monoisotopic (exact) mass is 467 g/mol. The van der Waals surface area contributed by atoms with Crippen molar-refractivity contribution < 1.29 is 24.2 Å². The van der Waals surface area contributed by atoms with Gasteiger partial charge in [-0.25, -0.2) is 0 Å². The van der Waals surface area contributed by atoms with Crippen LogP contribution in [0.4, 0.5) is 0 Å². The van der Waals surface area contributed by atoms with Crippen molar-refractivity contribution in [3.63, 3.8) is 0 Å². The van der Waals surface area contributed by atoms with Crippen molar-refractivity contribution in [3.05, 3.63) is 69.9 Å². The number of hydrogen-bond donors (Lipinski definition) is 1. The van der Waals surface area contributed by atoms with E-state index in [0.717, 1.165) is 5.56 Å². The fourth-order valence-corrected chi connectivity index (χ4v) is 4.94. The molecule has 6 nitrogen and oxygen atoms in total. The number of ether oxygens (including phenoxy) is 2. The highest BCUT2D eigenvalue weighted by Gasteiger charge is 2.44. The number of hydrogen-bond acceptors (Lipinski definition) is 6. The molecule has 7 heteroatoms. The zero-order valence-electron chi connectivity index (χ0n) is 18.8. The number of halogens is 1. The molecule has 0 amide bonds. The first-order chi connectivity index (χ1) is 15.8. The number of aromatic hydroxyl groups is 1. The summed E-state index contributed by atoms with van der Waals surface area (Å²) in [5, 5.41) is 10.7. The number of nitrogens with zero attached hydrogens (tertiary/aromatic N) is 1. The van der Waals surface area contributed by atoms with Gasteiger partial charge < -0.3 is 14.6 Å². The topological polar surface area (TPSA) is 85.2 Å². The third kappa shape index (κ3) is 4.40. The number of allylic oxidation sites excluding steroid dienone is 2. The molecule has 33 heavy (non-hydrogen) atoms. The second-order valence-electron chi connectivity index (χ2n) is 8.33. The molecule has 1 aliphatic heterocycles. The Kier molecular flexibility index (Phi) is 6.56. The summed E-state index contributed by atoms with van der Waals surface area (Å²) in [5.74, 6) is -1.51. The molecule has 2 aromatic carbocycles. The van der Waals surface area contributed by atoms with Crippen molar-refractivity contribution in [1.29, 1.82) is 0 Å². The summed E-state index contributed by atoms with van der Waals surface area (Å²) in [7, 11) is 1.46. The molecule has 172 valence electrons. The van der Waals surface area contributed by atoms with Crippen LogP contribution in [0.1, 0.15) is 49.7 Å². The van der Waals surface area contributed by atoms with E-state index >= 15 is 0 Å². The third-order valence-corrected chi connectivity index (χ3v) is 6.59. The second kappa shape index (κ2) is 9.40. The maximum Gasteiger partial charge on any atom is 0.315 e. The fraction of sp³-hybridized carbons (Fsp3) is 0.346. The van der Waals surface area contributed by atoms with E-state index < -0.39 is 17.8 Å². The third-order valence-electron chi connectivity index (χ3n) is 6.33. The van der Waals surface area contributed by atoms with Crippen LogP contribution in [0.3, 0.4) is 0 Å². The average Bonchev–Trinajstić information content (AvgIpc) is 2.79. The first-order valence-corrected chi connectivity index (χ1v) is 11.3.